The summed E-state index contributed by atoms with van der Waals surface area (Å²) in [6.07, 6.45) is -1.14. The van der Waals surface area contributed by atoms with Gasteiger partial charge in [0.05, 0.1) is 18.1 Å². The van der Waals surface area contributed by atoms with E-state index in [9.17, 15) is 8.42 Å². The molecule has 1 heterocycles. The normalized spacial score (nSPS) is 22.0. The third kappa shape index (κ3) is 3.97. The quantitative estimate of drug-likeness (QED) is 0.805. The number of hydrogen-bond donors (Lipinski definition) is 0. The molecular weight excluding hydrogens is 316 g/mol. The Hall–Kier alpha value is -1.73. The van der Waals surface area contributed by atoms with Crippen molar-refractivity contribution in [2.75, 3.05) is 13.2 Å². The molecule has 1 saturated heterocycles. The van der Waals surface area contributed by atoms with E-state index >= 15 is 0 Å². The Morgan fingerprint density at radius 2 is 1.57 bits per heavy atom. The van der Waals surface area contributed by atoms with Gasteiger partial charge in [0.2, 0.25) is 0 Å². The van der Waals surface area contributed by atoms with Crippen LogP contribution in [0, 0.1) is 6.92 Å². The monoisotopic (exact) mass is 334 g/mol. The van der Waals surface area contributed by atoms with Gasteiger partial charge in [-0.15, -0.1) is 0 Å². The van der Waals surface area contributed by atoms with Crippen molar-refractivity contribution in [2.45, 2.75) is 24.2 Å². The molecule has 6 heteroatoms. The van der Waals surface area contributed by atoms with Crippen LogP contribution < -0.4 is 0 Å². The fraction of sp³-hybridized carbons (Fsp3) is 0.294. The minimum absolute atomic E-state index is 0.133. The first-order valence-electron chi connectivity index (χ1n) is 7.33. The zero-order chi connectivity index (χ0) is 16.3. The Bertz CT molecular complexity index is 732. The summed E-state index contributed by atoms with van der Waals surface area (Å²) in [5.74, 6) is 0. The Morgan fingerprint density at radius 1 is 0.957 bits per heavy atom. The van der Waals surface area contributed by atoms with Gasteiger partial charge in [-0.3, -0.25) is 4.18 Å². The van der Waals surface area contributed by atoms with Crippen LogP contribution in [0.2, 0.25) is 0 Å². The topological polar surface area (TPSA) is 61.8 Å². The van der Waals surface area contributed by atoms with Gasteiger partial charge >= 0.3 is 0 Å². The van der Waals surface area contributed by atoms with E-state index in [1.165, 1.54) is 12.1 Å². The molecule has 0 spiro atoms. The second kappa shape index (κ2) is 6.80. The van der Waals surface area contributed by atoms with Gasteiger partial charge in [0.1, 0.15) is 6.10 Å². The molecule has 1 fully saturated rings. The van der Waals surface area contributed by atoms with Gasteiger partial charge in [-0.05, 0) is 19.1 Å². The van der Waals surface area contributed by atoms with E-state index in [2.05, 4.69) is 0 Å². The van der Waals surface area contributed by atoms with Gasteiger partial charge in [-0.2, -0.15) is 8.42 Å². The van der Waals surface area contributed by atoms with Crippen LogP contribution in [0.15, 0.2) is 59.5 Å². The lowest BCUT2D eigenvalue weighted by atomic mass is 10.2. The number of benzene rings is 2. The van der Waals surface area contributed by atoms with Crippen molar-refractivity contribution in [3.63, 3.8) is 0 Å². The summed E-state index contributed by atoms with van der Waals surface area (Å²) < 4.78 is 40.8. The maximum Gasteiger partial charge on any atom is 0.297 e. The molecule has 1 aliphatic heterocycles. The fourth-order valence-corrected chi connectivity index (χ4v) is 3.33. The van der Waals surface area contributed by atoms with Crippen LogP contribution in [0.4, 0.5) is 0 Å². The molecule has 0 amide bonds. The molecule has 0 unspecified atom stereocenters. The predicted molar refractivity (Wildman–Crippen MR) is 84.3 cm³/mol. The summed E-state index contributed by atoms with van der Waals surface area (Å²) >= 11 is 0. The summed E-state index contributed by atoms with van der Waals surface area (Å²) in [5.41, 5.74) is 1.88. The number of hydrogen-bond acceptors (Lipinski definition) is 5. The highest BCUT2D eigenvalue weighted by Crippen LogP contribution is 2.25. The Kier molecular flexibility index (Phi) is 4.77. The molecular formula is C17H18O5S. The second-order valence-corrected chi connectivity index (χ2v) is 6.97. The molecule has 2 aromatic rings. The van der Waals surface area contributed by atoms with Gasteiger partial charge in [-0.25, -0.2) is 0 Å². The van der Waals surface area contributed by atoms with E-state index in [-0.39, 0.29) is 18.1 Å². The Balaban J connectivity index is 1.61. The highest BCUT2D eigenvalue weighted by atomic mass is 32.2. The van der Waals surface area contributed by atoms with Crippen molar-refractivity contribution >= 4 is 10.1 Å². The van der Waals surface area contributed by atoms with Crippen LogP contribution in [0.1, 0.15) is 17.4 Å². The van der Waals surface area contributed by atoms with Crippen LogP contribution in [0.25, 0.3) is 0 Å². The maximum atomic E-state index is 12.2. The van der Waals surface area contributed by atoms with Crippen molar-refractivity contribution in [1.82, 2.24) is 0 Å². The van der Waals surface area contributed by atoms with Crippen molar-refractivity contribution in [2.24, 2.45) is 0 Å². The average molecular weight is 334 g/mol. The lowest BCUT2D eigenvalue weighted by molar-refractivity contribution is -0.215. The summed E-state index contributed by atoms with van der Waals surface area (Å²) in [6, 6.07) is 16.0. The molecule has 0 aromatic heterocycles. The molecule has 0 radical (unpaired) electrons. The van der Waals surface area contributed by atoms with Crippen LogP contribution >= 0.6 is 0 Å². The fourth-order valence-electron chi connectivity index (χ4n) is 2.28. The lowest BCUT2D eigenvalue weighted by Crippen LogP contribution is -2.35. The summed E-state index contributed by atoms with van der Waals surface area (Å²) in [7, 11) is -3.82. The van der Waals surface area contributed by atoms with Gasteiger partial charge in [0, 0.05) is 5.56 Å². The molecule has 1 aliphatic rings. The number of aryl methyl sites for hydroxylation is 1. The Morgan fingerprint density at radius 3 is 2.17 bits per heavy atom. The van der Waals surface area contributed by atoms with Crippen LogP contribution in [0.5, 0.6) is 0 Å². The van der Waals surface area contributed by atoms with Gasteiger partial charge in [0.15, 0.2) is 6.29 Å². The zero-order valence-electron chi connectivity index (χ0n) is 12.7. The summed E-state index contributed by atoms with van der Waals surface area (Å²) in [6.45, 7) is 2.21. The highest BCUT2D eigenvalue weighted by Gasteiger charge is 2.28. The molecule has 0 N–H and O–H groups in total. The summed E-state index contributed by atoms with van der Waals surface area (Å²) in [4.78, 5) is 0.133. The van der Waals surface area contributed by atoms with Crippen LogP contribution in [-0.2, 0) is 23.8 Å². The minimum Gasteiger partial charge on any atom is -0.346 e. The molecule has 5 nitrogen and oxygen atoms in total. The van der Waals surface area contributed by atoms with Crippen molar-refractivity contribution in [1.29, 1.82) is 0 Å². The first-order valence-corrected chi connectivity index (χ1v) is 8.73. The number of ether oxygens (including phenoxy) is 2. The molecule has 0 saturated carbocycles. The van der Waals surface area contributed by atoms with Gasteiger partial charge < -0.3 is 9.47 Å². The third-order valence-corrected chi connectivity index (χ3v) is 4.89. The first-order chi connectivity index (χ1) is 11.0. The van der Waals surface area contributed by atoms with Crippen molar-refractivity contribution in [3.05, 3.63) is 65.7 Å². The van der Waals surface area contributed by atoms with E-state index in [1.54, 1.807) is 12.1 Å². The maximum absolute atomic E-state index is 12.2. The average Bonchev–Trinajstić information content (AvgIpc) is 2.56. The van der Waals surface area contributed by atoms with Gasteiger partial charge in [-0.1, -0.05) is 48.0 Å². The van der Waals surface area contributed by atoms with E-state index in [0.29, 0.717) is 0 Å². The predicted octanol–water partition coefficient (Wildman–Crippen LogP) is 2.81. The second-order valence-electron chi connectivity index (χ2n) is 5.39. The molecule has 2 aromatic carbocycles. The standard InChI is InChI=1S/C17H18O5S/c1-13-7-9-16(10-8-13)23(18,19)22-15-11-20-17(21-12-15)14-5-3-2-4-6-14/h2-10,15,17H,11-12H2,1H3. The first kappa shape index (κ1) is 16.1. The third-order valence-electron chi connectivity index (χ3n) is 3.51. The smallest absolute Gasteiger partial charge is 0.297 e. The number of rotatable bonds is 4. The van der Waals surface area contributed by atoms with Crippen LogP contribution in [-0.4, -0.2) is 27.7 Å². The zero-order valence-corrected chi connectivity index (χ0v) is 13.5. The van der Waals surface area contributed by atoms with Gasteiger partial charge in [0.25, 0.3) is 10.1 Å². The van der Waals surface area contributed by atoms with E-state index in [1.807, 2.05) is 37.3 Å². The van der Waals surface area contributed by atoms with Crippen molar-refractivity contribution < 1.29 is 22.1 Å². The lowest BCUT2D eigenvalue weighted by Gasteiger charge is -2.29. The van der Waals surface area contributed by atoms with E-state index in [4.69, 9.17) is 13.7 Å². The molecule has 0 bridgehead atoms. The molecule has 3 rings (SSSR count). The molecule has 23 heavy (non-hydrogen) atoms. The molecule has 122 valence electrons. The minimum atomic E-state index is -3.82. The van der Waals surface area contributed by atoms with E-state index < -0.39 is 22.5 Å². The van der Waals surface area contributed by atoms with Crippen LogP contribution in [0.3, 0.4) is 0 Å². The van der Waals surface area contributed by atoms with Crippen molar-refractivity contribution in [3.8, 4) is 0 Å². The summed E-state index contributed by atoms with van der Waals surface area (Å²) in [5, 5.41) is 0. The highest BCUT2D eigenvalue weighted by molar-refractivity contribution is 7.86. The Labute approximate surface area is 135 Å². The molecule has 0 atom stereocenters. The largest absolute Gasteiger partial charge is 0.346 e. The SMILES string of the molecule is Cc1ccc(S(=O)(=O)OC2COC(c3ccccc3)OC2)cc1. The van der Waals surface area contributed by atoms with E-state index in [0.717, 1.165) is 11.1 Å². The molecule has 0 aliphatic carbocycles.